The highest BCUT2D eigenvalue weighted by Crippen LogP contribution is 2.59. The van der Waals surface area contributed by atoms with Crippen LogP contribution in [-0.4, -0.2) is 9.97 Å². The third kappa shape index (κ3) is 1.64. The Morgan fingerprint density at radius 2 is 1.79 bits per heavy atom. The molecule has 0 aromatic carbocycles. The van der Waals surface area contributed by atoms with Gasteiger partial charge < -0.3 is 4.98 Å². The fourth-order valence-corrected chi connectivity index (χ4v) is 5.17. The van der Waals surface area contributed by atoms with E-state index in [1.807, 2.05) is 6.07 Å². The summed E-state index contributed by atoms with van der Waals surface area (Å²) in [6.07, 6.45) is 7.54. The average molecular weight is 255 g/mol. The first-order valence-corrected chi connectivity index (χ1v) is 7.19. The van der Waals surface area contributed by atoms with Crippen LogP contribution in [0.5, 0.6) is 0 Å². The van der Waals surface area contributed by atoms with Gasteiger partial charge in [-0.3, -0.25) is 4.79 Å². The Bertz CT molecular complexity index is 590. The van der Waals surface area contributed by atoms with E-state index in [1.54, 1.807) is 0 Å². The summed E-state index contributed by atoms with van der Waals surface area (Å²) in [6, 6.07) is 3.30. The number of nitriles is 1. The van der Waals surface area contributed by atoms with Crippen LogP contribution in [0.2, 0.25) is 0 Å². The molecule has 4 bridgehead atoms. The molecule has 4 aliphatic rings. The van der Waals surface area contributed by atoms with Gasteiger partial charge in [0.25, 0.3) is 5.56 Å². The van der Waals surface area contributed by atoms with Gasteiger partial charge >= 0.3 is 0 Å². The molecule has 5 rings (SSSR count). The van der Waals surface area contributed by atoms with E-state index < -0.39 is 0 Å². The largest absolute Gasteiger partial charge is 0.310 e. The van der Waals surface area contributed by atoms with Crippen molar-refractivity contribution in [1.82, 2.24) is 9.97 Å². The fraction of sp³-hybridized carbons (Fsp3) is 0.667. The van der Waals surface area contributed by atoms with Crippen LogP contribution >= 0.6 is 0 Å². The van der Waals surface area contributed by atoms with Gasteiger partial charge in [-0.2, -0.15) is 5.26 Å². The topological polar surface area (TPSA) is 69.5 Å². The van der Waals surface area contributed by atoms with E-state index in [4.69, 9.17) is 5.26 Å². The molecule has 1 N–H and O–H groups in total. The van der Waals surface area contributed by atoms with Crippen LogP contribution in [0, 0.1) is 29.1 Å². The molecule has 98 valence electrons. The molecule has 4 fully saturated rings. The zero-order chi connectivity index (χ0) is 13.0. The van der Waals surface area contributed by atoms with E-state index in [0.29, 0.717) is 0 Å². The molecule has 4 aliphatic carbocycles. The van der Waals surface area contributed by atoms with Gasteiger partial charge in [-0.15, -0.1) is 0 Å². The number of aromatic nitrogens is 2. The van der Waals surface area contributed by atoms with Gasteiger partial charge in [0.15, 0.2) is 0 Å². The Morgan fingerprint density at radius 3 is 2.32 bits per heavy atom. The zero-order valence-corrected chi connectivity index (χ0v) is 10.9. The van der Waals surface area contributed by atoms with Gasteiger partial charge in [0.05, 0.1) is 0 Å². The lowest BCUT2D eigenvalue weighted by molar-refractivity contribution is -0.00954. The number of nitrogens with zero attached hydrogens (tertiary/aromatic N) is 2. The molecule has 0 spiro atoms. The minimum atomic E-state index is -0.183. The molecule has 1 aromatic heterocycles. The first kappa shape index (κ1) is 11.2. The number of hydrogen-bond donors (Lipinski definition) is 1. The highest BCUT2D eigenvalue weighted by Gasteiger charge is 2.52. The Morgan fingerprint density at radius 1 is 1.21 bits per heavy atom. The monoisotopic (exact) mass is 255 g/mol. The van der Waals surface area contributed by atoms with Crippen LogP contribution in [-0.2, 0) is 5.41 Å². The molecule has 0 amide bonds. The van der Waals surface area contributed by atoms with Crippen LogP contribution in [0.3, 0.4) is 0 Å². The van der Waals surface area contributed by atoms with Gasteiger partial charge in [0.1, 0.15) is 17.6 Å². The summed E-state index contributed by atoms with van der Waals surface area (Å²) in [5, 5.41) is 9.00. The zero-order valence-electron chi connectivity index (χ0n) is 10.9. The predicted octanol–water partition coefficient (Wildman–Crippen LogP) is 2.11. The van der Waals surface area contributed by atoms with Gasteiger partial charge in [-0.1, -0.05) is 0 Å². The van der Waals surface area contributed by atoms with Crippen molar-refractivity contribution in [3.8, 4) is 6.07 Å². The highest BCUT2D eigenvalue weighted by atomic mass is 16.1. The summed E-state index contributed by atoms with van der Waals surface area (Å²) in [6.45, 7) is 0. The number of hydrogen-bond acceptors (Lipinski definition) is 3. The molecule has 4 heteroatoms. The lowest BCUT2D eigenvalue weighted by atomic mass is 9.49. The summed E-state index contributed by atoms with van der Waals surface area (Å²) in [5.74, 6) is 3.21. The van der Waals surface area contributed by atoms with E-state index in [-0.39, 0.29) is 16.7 Å². The van der Waals surface area contributed by atoms with Crippen LogP contribution in [0.25, 0.3) is 0 Å². The van der Waals surface area contributed by atoms with E-state index in [2.05, 4.69) is 9.97 Å². The number of rotatable bonds is 1. The normalized spacial score (nSPS) is 39.2. The second-order valence-corrected chi connectivity index (χ2v) is 6.79. The maximum atomic E-state index is 11.7. The molecular weight excluding hydrogens is 238 g/mol. The molecule has 4 nitrogen and oxygen atoms in total. The van der Waals surface area contributed by atoms with Crippen molar-refractivity contribution in [2.24, 2.45) is 17.8 Å². The quantitative estimate of drug-likeness (QED) is 0.835. The number of H-pyrrole nitrogens is 1. The maximum Gasteiger partial charge on any atom is 0.252 e. The Kier molecular flexibility index (Phi) is 2.18. The molecule has 1 heterocycles. The summed E-state index contributed by atoms with van der Waals surface area (Å²) in [5.41, 5.74) is 0.132. The van der Waals surface area contributed by atoms with Crippen molar-refractivity contribution in [2.45, 2.75) is 43.9 Å². The molecule has 0 aliphatic heterocycles. The minimum Gasteiger partial charge on any atom is -0.310 e. The van der Waals surface area contributed by atoms with E-state index in [9.17, 15) is 4.79 Å². The molecule has 19 heavy (non-hydrogen) atoms. The molecule has 0 saturated heterocycles. The molecule has 1 aromatic rings. The number of nitrogens with one attached hydrogen (secondary N) is 1. The molecule has 0 unspecified atom stereocenters. The first-order valence-electron chi connectivity index (χ1n) is 7.19. The summed E-state index contributed by atoms with van der Waals surface area (Å²) >= 11 is 0. The van der Waals surface area contributed by atoms with Gasteiger partial charge in [0.2, 0.25) is 0 Å². The second-order valence-electron chi connectivity index (χ2n) is 6.79. The maximum absolute atomic E-state index is 11.7. The van der Waals surface area contributed by atoms with Crippen molar-refractivity contribution in [3.63, 3.8) is 0 Å². The molecule has 0 atom stereocenters. The Labute approximate surface area is 111 Å². The first-order chi connectivity index (χ1) is 9.17. The number of aromatic amines is 1. The van der Waals surface area contributed by atoms with E-state index in [1.165, 1.54) is 25.3 Å². The third-order valence-electron chi connectivity index (χ3n) is 5.40. The van der Waals surface area contributed by atoms with Gasteiger partial charge in [0, 0.05) is 11.5 Å². The lowest BCUT2D eigenvalue weighted by Crippen LogP contribution is -2.49. The van der Waals surface area contributed by atoms with Crippen molar-refractivity contribution in [2.75, 3.05) is 0 Å². The van der Waals surface area contributed by atoms with Crippen molar-refractivity contribution in [1.29, 1.82) is 5.26 Å². The standard InChI is InChI=1S/C15H17N3O/c16-8-12-4-13(19)18-14(17-12)15-5-9-1-10(6-15)3-11(2-9)7-15/h4,9-11H,1-3,5-7H2,(H,17,18,19). The second kappa shape index (κ2) is 3.69. The summed E-state index contributed by atoms with van der Waals surface area (Å²) in [7, 11) is 0. The van der Waals surface area contributed by atoms with Crippen molar-refractivity contribution in [3.05, 3.63) is 27.9 Å². The van der Waals surface area contributed by atoms with Crippen LogP contribution in [0.4, 0.5) is 0 Å². The van der Waals surface area contributed by atoms with E-state index in [0.717, 1.165) is 42.8 Å². The third-order valence-corrected chi connectivity index (χ3v) is 5.40. The van der Waals surface area contributed by atoms with Crippen LogP contribution in [0.1, 0.15) is 50.0 Å². The highest BCUT2D eigenvalue weighted by molar-refractivity contribution is 5.23. The Balaban J connectivity index is 1.82. The fourth-order valence-electron chi connectivity index (χ4n) is 5.17. The molecular formula is C15H17N3O. The minimum absolute atomic E-state index is 0.0563. The van der Waals surface area contributed by atoms with Crippen molar-refractivity contribution >= 4 is 0 Å². The van der Waals surface area contributed by atoms with Crippen LogP contribution in [0.15, 0.2) is 10.9 Å². The van der Waals surface area contributed by atoms with Crippen LogP contribution < -0.4 is 5.56 Å². The van der Waals surface area contributed by atoms with Crippen molar-refractivity contribution < 1.29 is 0 Å². The predicted molar refractivity (Wildman–Crippen MR) is 69.4 cm³/mol. The van der Waals surface area contributed by atoms with E-state index >= 15 is 0 Å². The molecule has 0 radical (unpaired) electrons. The Hall–Kier alpha value is -1.63. The SMILES string of the molecule is N#Cc1cc(=O)[nH]c(C23CC4CC(CC(C4)C2)C3)n1. The van der Waals surface area contributed by atoms with Gasteiger partial charge in [-0.05, 0) is 56.3 Å². The summed E-state index contributed by atoms with van der Waals surface area (Å²) < 4.78 is 0. The average Bonchev–Trinajstić information content (AvgIpc) is 2.36. The molecule has 4 saturated carbocycles. The smallest absolute Gasteiger partial charge is 0.252 e. The lowest BCUT2D eigenvalue weighted by Gasteiger charge is -2.56. The summed E-state index contributed by atoms with van der Waals surface area (Å²) in [4.78, 5) is 19.1. The van der Waals surface area contributed by atoms with Gasteiger partial charge in [-0.25, -0.2) is 4.98 Å².